The third kappa shape index (κ3) is 2.01. The van der Waals surface area contributed by atoms with E-state index in [0.717, 1.165) is 12.8 Å². The first-order chi connectivity index (χ1) is 4.43. The SMILES string of the molecule is O=CONC1CCCC1. The Balaban J connectivity index is 2.04. The van der Waals surface area contributed by atoms with Crippen LogP contribution in [0.25, 0.3) is 0 Å². The first-order valence-corrected chi connectivity index (χ1v) is 3.28. The van der Waals surface area contributed by atoms with Crippen molar-refractivity contribution >= 4 is 6.47 Å². The van der Waals surface area contributed by atoms with Gasteiger partial charge in [0.15, 0.2) is 0 Å². The lowest BCUT2D eigenvalue weighted by molar-refractivity contribution is -0.137. The quantitative estimate of drug-likeness (QED) is 0.448. The van der Waals surface area contributed by atoms with E-state index in [1.54, 1.807) is 0 Å². The van der Waals surface area contributed by atoms with Crippen molar-refractivity contribution < 1.29 is 9.63 Å². The normalized spacial score (nSPS) is 20.0. The Morgan fingerprint density at radius 1 is 1.44 bits per heavy atom. The van der Waals surface area contributed by atoms with Gasteiger partial charge in [0.25, 0.3) is 0 Å². The molecule has 1 N–H and O–H groups in total. The van der Waals surface area contributed by atoms with Gasteiger partial charge in [-0.15, -0.1) is 0 Å². The topological polar surface area (TPSA) is 38.3 Å². The molecule has 1 aliphatic carbocycles. The zero-order valence-electron chi connectivity index (χ0n) is 5.30. The van der Waals surface area contributed by atoms with E-state index in [1.807, 2.05) is 0 Å². The lowest BCUT2D eigenvalue weighted by atomic mass is 10.3. The van der Waals surface area contributed by atoms with Crippen LogP contribution in [0.2, 0.25) is 0 Å². The molecule has 0 aromatic heterocycles. The molecule has 0 radical (unpaired) electrons. The summed E-state index contributed by atoms with van der Waals surface area (Å²) in [5.74, 6) is 0. The summed E-state index contributed by atoms with van der Waals surface area (Å²) in [4.78, 5) is 14.1. The third-order valence-electron chi connectivity index (χ3n) is 1.64. The fraction of sp³-hybridized carbons (Fsp3) is 0.833. The average Bonchev–Trinajstić information content (AvgIpc) is 2.34. The Kier molecular flexibility index (Phi) is 2.51. The fourth-order valence-electron chi connectivity index (χ4n) is 1.17. The summed E-state index contributed by atoms with van der Waals surface area (Å²) in [5.41, 5.74) is 2.66. The van der Waals surface area contributed by atoms with Crippen LogP contribution in [0.5, 0.6) is 0 Å². The molecule has 0 bridgehead atoms. The molecule has 1 saturated carbocycles. The van der Waals surface area contributed by atoms with Gasteiger partial charge in [0, 0.05) is 6.04 Å². The van der Waals surface area contributed by atoms with Gasteiger partial charge in [-0.3, -0.25) is 4.79 Å². The van der Waals surface area contributed by atoms with Crippen LogP contribution in [0.1, 0.15) is 25.7 Å². The summed E-state index contributed by atoms with van der Waals surface area (Å²) < 4.78 is 0. The van der Waals surface area contributed by atoms with Gasteiger partial charge in [-0.25, -0.2) is 0 Å². The van der Waals surface area contributed by atoms with Gasteiger partial charge in [-0.1, -0.05) is 12.8 Å². The van der Waals surface area contributed by atoms with E-state index in [1.165, 1.54) is 12.8 Å². The molecule has 1 aliphatic rings. The molecule has 0 heterocycles. The number of rotatable bonds is 3. The van der Waals surface area contributed by atoms with Crippen LogP contribution < -0.4 is 5.48 Å². The minimum atomic E-state index is 0.412. The molecule has 0 spiro atoms. The van der Waals surface area contributed by atoms with Crippen molar-refractivity contribution in [3.05, 3.63) is 0 Å². The maximum atomic E-state index is 9.68. The minimum Gasteiger partial charge on any atom is -0.373 e. The molecule has 0 aromatic carbocycles. The van der Waals surface area contributed by atoms with Gasteiger partial charge in [-0.05, 0) is 12.8 Å². The van der Waals surface area contributed by atoms with Crippen molar-refractivity contribution in [2.45, 2.75) is 31.7 Å². The number of carbonyl (C=O) groups is 1. The fourth-order valence-corrected chi connectivity index (χ4v) is 1.17. The largest absolute Gasteiger partial charge is 0.373 e. The van der Waals surface area contributed by atoms with E-state index in [4.69, 9.17) is 0 Å². The highest BCUT2D eigenvalue weighted by atomic mass is 16.7. The van der Waals surface area contributed by atoms with Crippen LogP contribution >= 0.6 is 0 Å². The summed E-state index contributed by atoms with van der Waals surface area (Å²) in [5, 5.41) is 0. The highest BCUT2D eigenvalue weighted by Gasteiger charge is 2.13. The predicted octanol–water partition coefficient (Wildman–Crippen LogP) is 0.607. The molecule has 3 nitrogen and oxygen atoms in total. The first-order valence-electron chi connectivity index (χ1n) is 3.28. The molecule has 0 unspecified atom stereocenters. The Labute approximate surface area is 54.3 Å². The van der Waals surface area contributed by atoms with Gasteiger partial charge < -0.3 is 4.84 Å². The van der Waals surface area contributed by atoms with Crippen molar-refractivity contribution in [3.8, 4) is 0 Å². The molecule has 0 saturated heterocycles. The van der Waals surface area contributed by atoms with Crippen LogP contribution in [0.4, 0.5) is 0 Å². The van der Waals surface area contributed by atoms with Crippen LogP contribution in [0, 0.1) is 0 Å². The van der Waals surface area contributed by atoms with E-state index in [9.17, 15) is 4.79 Å². The van der Waals surface area contributed by atoms with Gasteiger partial charge in [0.05, 0.1) is 0 Å². The van der Waals surface area contributed by atoms with Crippen LogP contribution in [-0.4, -0.2) is 12.5 Å². The smallest absolute Gasteiger partial charge is 0.312 e. The molecule has 52 valence electrons. The van der Waals surface area contributed by atoms with Crippen LogP contribution in [0.15, 0.2) is 0 Å². The van der Waals surface area contributed by atoms with Crippen molar-refractivity contribution in [2.24, 2.45) is 0 Å². The average molecular weight is 129 g/mol. The summed E-state index contributed by atoms with van der Waals surface area (Å²) in [7, 11) is 0. The predicted molar refractivity (Wildman–Crippen MR) is 32.5 cm³/mol. The lowest BCUT2D eigenvalue weighted by Crippen LogP contribution is -2.25. The zero-order chi connectivity index (χ0) is 6.53. The molecule has 0 aliphatic heterocycles. The zero-order valence-corrected chi connectivity index (χ0v) is 5.30. The second kappa shape index (κ2) is 3.45. The standard InChI is InChI=1S/C6H11NO2/c8-5-9-7-6-3-1-2-4-6/h5-7H,1-4H2. The van der Waals surface area contributed by atoms with Gasteiger partial charge in [-0.2, -0.15) is 5.48 Å². The number of nitrogens with one attached hydrogen (secondary N) is 1. The number of hydroxylamine groups is 1. The highest BCUT2D eigenvalue weighted by molar-refractivity contribution is 5.36. The molecular formula is C6H11NO2. The Bertz CT molecular complexity index is 89.1. The van der Waals surface area contributed by atoms with Gasteiger partial charge >= 0.3 is 6.47 Å². The number of hydrogen-bond donors (Lipinski definition) is 1. The summed E-state index contributed by atoms with van der Waals surface area (Å²) in [6, 6.07) is 0.412. The summed E-state index contributed by atoms with van der Waals surface area (Å²) >= 11 is 0. The van der Waals surface area contributed by atoms with Gasteiger partial charge in [0.2, 0.25) is 0 Å². The van der Waals surface area contributed by atoms with Crippen molar-refractivity contribution in [1.82, 2.24) is 5.48 Å². The van der Waals surface area contributed by atoms with E-state index in [0.29, 0.717) is 12.5 Å². The number of carbonyl (C=O) groups excluding carboxylic acids is 1. The monoisotopic (exact) mass is 129 g/mol. The molecule has 0 amide bonds. The molecule has 0 atom stereocenters. The molecular weight excluding hydrogens is 118 g/mol. The van der Waals surface area contributed by atoms with E-state index < -0.39 is 0 Å². The lowest BCUT2D eigenvalue weighted by Gasteiger charge is -2.06. The van der Waals surface area contributed by atoms with Crippen molar-refractivity contribution in [1.29, 1.82) is 0 Å². The summed E-state index contributed by atoms with van der Waals surface area (Å²) in [6.07, 6.45) is 4.77. The summed E-state index contributed by atoms with van der Waals surface area (Å²) in [6.45, 7) is 0.429. The second-order valence-electron chi connectivity index (χ2n) is 2.31. The maximum absolute atomic E-state index is 9.68. The maximum Gasteiger partial charge on any atom is 0.312 e. The molecule has 1 rings (SSSR count). The minimum absolute atomic E-state index is 0.412. The van der Waals surface area contributed by atoms with Crippen LogP contribution in [-0.2, 0) is 9.63 Å². The highest BCUT2D eigenvalue weighted by Crippen LogP contribution is 2.16. The molecule has 3 heteroatoms. The molecule has 1 fully saturated rings. The van der Waals surface area contributed by atoms with E-state index in [2.05, 4.69) is 10.3 Å². The Morgan fingerprint density at radius 2 is 2.11 bits per heavy atom. The molecule has 9 heavy (non-hydrogen) atoms. The number of hydrogen-bond acceptors (Lipinski definition) is 3. The van der Waals surface area contributed by atoms with E-state index in [-0.39, 0.29) is 0 Å². The van der Waals surface area contributed by atoms with E-state index >= 15 is 0 Å². The van der Waals surface area contributed by atoms with Gasteiger partial charge in [0.1, 0.15) is 0 Å². The first kappa shape index (κ1) is 6.55. The van der Waals surface area contributed by atoms with Crippen molar-refractivity contribution in [2.75, 3.05) is 0 Å². The van der Waals surface area contributed by atoms with Crippen molar-refractivity contribution in [3.63, 3.8) is 0 Å². The molecule has 0 aromatic rings. The second-order valence-corrected chi connectivity index (χ2v) is 2.31. The third-order valence-corrected chi connectivity index (χ3v) is 1.64. The Hall–Kier alpha value is -0.570. The van der Waals surface area contributed by atoms with Crippen LogP contribution in [0.3, 0.4) is 0 Å². The Morgan fingerprint density at radius 3 is 2.67 bits per heavy atom.